The molecule has 0 aliphatic heterocycles. The molecule has 160 valence electrons. The van der Waals surface area contributed by atoms with Gasteiger partial charge in [-0.05, 0) is 60.7 Å². The highest BCUT2D eigenvalue weighted by Gasteiger charge is 2.30. The van der Waals surface area contributed by atoms with E-state index >= 15 is 0 Å². The van der Waals surface area contributed by atoms with Crippen molar-refractivity contribution in [2.24, 2.45) is 0 Å². The molecule has 0 spiro atoms. The summed E-state index contributed by atoms with van der Waals surface area (Å²) in [7, 11) is 0. The molecule has 9 heteroatoms. The number of halogens is 5. The van der Waals surface area contributed by atoms with Gasteiger partial charge in [0, 0.05) is 12.0 Å². The molecule has 0 saturated heterocycles. The highest BCUT2D eigenvalue weighted by Crippen LogP contribution is 2.30. The number of carbonyl (C=O) groups is 2. The molecule has 0 radical (unpaired) electrons. The van der Waals surface area contributed by atoms with Gasteiger partial charge in [-0.15, -0.1) is 0 Å². The molecule has 0 aliphatic rings. The van der Waals surface area contributed by atoms with E-state index in [1.807, 2.05) is 0 Å². The molecule has 4 nitrogen and oxygen atoms in total. The number of benzene rings is 2. The third-order valence-corrected chi connectivity index (χ3v) is 4.39. The molecule has 1 aromatic heterocycles. The first-order valence-corrected chi connectivity index (χ1v) is 9.08. The maximum atomic E-state index is 13.6. The summed E-state index contributed by atoms with van der Waals surface area (Å²) in [6.07, 6.45) is -2.24. The van der Waals surface area contributed by atoms with E-state index in [0.29, 0.717) is 0 Å². The fourth-order valence-corrected chi connectivity index (χ4v) is 2.71. The normalized spacial score (nSPS) is 11.8. The van der Waals surface area contributed by atoms with E-state index in [4.69, 9.17) is 0 Å². The highest BCUT2D eigenvalue weighted by atomic mass is 19.4. The van der Waals surface area contributed by atoms with Crippen molar-refractivity contribution in [3.05, 3.63) is 83.6 Å². The zero-order valence-electron chi connectivity index (χ0n) is 16.1. The van der Waals surface area contributed by atoms with Crippen LogP contribution in [0.3, 0.4) is 0 Å². The number of carbonyl (C=O) groups excluding carboxylic acids is 2. The lowest BCUT2D eigenvalue weighted by Gasteiger charge is -2.09. The Kier molecular flexibility index (Phi) is 6.14. The van der Waals surface area contributed by atoms with Crippen LogP contribution in [0.25, 0.3) is 16.9 Å². The van der Waals surface area contributed by atoms with E-state index in [-0.39, 0.29) is 34.8 Å². The van der Waals surface area contributed by atoms with Crippen LogP contribution in [-0.2, 0) is 11.0 Å². The van der Waals surface area contributed by atoms with Crippen LogP contribution in [-0.4, -0.2) is 21.3 Å². The highest BCUT2D eigenvalue weighted by molar-refractivity contribution is 6.07. The summed E-state index contributed by atoms with van der Waals surface area (Å²) in [6.45, 7) is 1.62. The van der Waals surface area contributed by atoms with Gasteiger partial charge in [0.05, 0.1) is 16.9 Å². The van der Waals surface area contributed by atoms with Gasteiger partial charge in [-0.1, -0.05) is 6.92 Å². The van der Waals surface area contributed by atoms with Gasteiger partial charge in [0.15, 0.2) is 17.4 Å². The van der Waals surface area contributed by atoms with Gasteiger partial charge in [-0.3, -0.25) is 9.59 Å². The largest absolute Gasteiger partial charge is 0.416 e. The number of nitrogens with zero attached hydrogens (tertiary/aromatic N) is 2. The maximum Gasteiger partial charge on any atom is 0.416 e. The van der Waals surface area contributed by atoms with Crippen molar-refractivity contribution in [3.8, 4) is 16.9 Å². The lowest BCUT2D eigenvalue weighted by Crippen LogP contribution is -2.09. The third-order valence-electron chi connectivity index (χ3n) is 4.39. The van der Waals surface area contributed by atoms with Crippen molar-refractivity contribution < 1.29 is 31.5 Å². The molecular weight excluding hydrogens is 419 g/mol. The Morgan fingerprint density at radius 2 is 1.65 bits per heavy atom. The molecule has 3 rings (SSSR count). The molecule has 1 heterocycles. The summed E-state index contributed by atoms with van der Waals surface area (Å²) in [5.41, 5.74) is -0.560. The van der Waals surface area contributed by atoms with E-state index in [9.17, 15) is 31.5 Å². The number of allylic oxidation sites excluding steroid dienone is 2. The van der Waals surface area contributed by atoms with Crippen LogP contribution >= 0.6 is 0 Å². The maximum absolute atomic E-state index is 13.6. The number of hydrogen-bond acceptors (Lipinski definition) is 3. The Morgan fingerprint density at radius 3 is 2.23 bits per heavy atom. The predicted molar refractivity (Wildman–Crippen MR) is 103 cm³/mol. The third kappa shape index (κ3) is 4.93. The van der Waals surface area contributed by atoms with Gasteiger partial charge in [-0.25, -0.2) is 13.5 Å². The molecule has 0 saturated carbocycles. The number of rotatable bonds is 6. The van der Waals surface area contributed by atoms with Crippen LogP contribution in [0.4, 0.5) is 22.0 Å². The zero-order valence-corrected chi connectivity index (χ0v) is 16.1. The van der Waals surface area contributed by atoms with E-state index in [2.05, 4.69) is 5.10 Å². The molecule has 2 aromatic carbocycles. The smallest absolute Gasteiger partial charge is 0.295 e. The van der Waals surface area contributed by atoms with E-state index in [1.54, 1.807) is 6.92 Å². The van der Waals surface area contributed by atoms with E-state index in [1.165, 1.54) is 12.1 Å². The average Bonchev–Trinajstić information content (AvgIpc) is 3.18. The van der Waals surface area contributed by atoms with E-state index < -0.39 is 29.2 Å². The Hall–Kier alpha value is -3.62. The van der Waals surface area contributed by atoms with Gasteiger partial charge in [0.1, 0.15) is 5.69 Å². The second-order valence-electron chi connectivity index (χ2n) is 6.52. The van der Waals surface area contributed by atoms with Crippen molar-refractivity contribution in [1.82, 2.24) is 9.78 Å². The van der Waals surface area contributed by atoms with Crippen molar-refractivity contribution >= 4 is 11.6 Å². The Labute approximate surface area is 173 Å². The summed E-state index contributed by atoms with van der Waals surface area (Å²) in [4.78, 5) is 24.1. The Bertz CT molecular complexity index is 1160. The van der Waals surface area contributed by atoms with Gasteiger partial charge in [0.2, 0.25) is 5.78 Å². The topological polar surface area (TPSA) is 52.0 Å². The lowest BCUT2D eigenvalue weighted by molar-refractivity contribution is -0.137. The summed E-state index contributed by atoms with van der Waals surface area (Å²) >= 11 is 0. The number of hydrogen-bond donors (Lipinski definition) is 0. The van der Waals surface area contributed by atoms with Crippen molar-refractivity contribution in [2.75, 3.05) is 0 Å². The Balaban J connectivity index is 2.10. The second kappa shape index (κ2) is 8.63. The first-order chi connectivity index (χ1) is 14.6. The summed E-state index contributed by atoms with van der Waals surface area (Å²) in [5, 5.41) is 4.19. The first kappa shape index (κ1) is 22.1. The molecule has 0 bridgehead atoms. The fraction of sp³-hybridized carbons (Fsp3) is 0.136. The molecule has 3 aromatic rings. The number of alkyl halides is 3. The predicted octanol–water partition coefficient (Wildman–Crippen LogP) is 5.55. The van der Waals surface area contributed by atoms with Crippen LogP contribution in [0.2, 0.25) is 0 Å². The monoisotopic (exact) mass is 434 g/mol. The minimum atomic E-state index is -4.54. The van der Waals surface area contributed by atoms with Crippen LogP contribution < -0.4 is 0 Å². The van der Waals surface area contributed by atoms with Crippen LogP contribution in [0, 0.1) is 11.6 Å². The van der Waals surface area contributed by atoms with Crippen LogP contribution in [0.5, 0.6) is 0 Å². The summed E-state index contributed by atoms with van der Waals surface area (Å²) < 4.78 is 66.5. The van der Waals surface area contributed by atoms with Crippen LogP contribution in [0.1, 0.15) is 29.4 Å². The lowest BCUT2D eigenvalue weighted by atomic mass is 10.1. The first-order valence-electron chi connectivity index (χ1n) is 9.08. The molecule has 0 aliphatic carbocycles. The van der Waals surface area contributed by atoms with Crippen LogP contribution in [0.15, 0.2) is 60.7 Å². The van der Waals surface area contributed by atoms with Crippen molar-refractivity contribution in [3.63, 3.8) is 0 Å². The minimum Gasteiger partial charge on any atom is -0.295 e. The molecule has 0 N–H and O–H groups in total. The molecule has 0 unspecified atom stereocenters. The minimum absolute atomic E-state index is 0.0698. The van der Waals surface area contributed by atoms with Crippen molar-refractivity contribution in [1.29, 1.82) is 0 Å². The average molecular weight is 434 g/mol. The zero-order chi connectivity index (χ0) is 22.8. The molecular formula is C22H15F5N2O2. The summed E-state index contributed by atoms with van der Waals surface area (Å²) in [5.74, 6) is -3.12. The quantitative estimate of drug-likeness (QED) is 0.290. The second-order valence-corrected chi connectivity index (χ2v) is 6.52. The van der Waals surface area contributed by atoms with Gasteiger partial charge in [0.25, 0.3) is 0 Å². The number of aromatic nitrogens is 2. The molecule has 31 heavy (non-hydrogen) atoms. The molecule has 0 fully saturated rings. The molecule has 0 atom stereocenters. The SMILES string of the molecule is CCC(=O)/C=C/C(=O)c1cc(-c2ccc(F)c(F)c2)nn1-c1ccc(C(F)(F)F)cc1. The van der Waals surface area contributed by atoms with Gasteiger partial charge in [-0.2, -0.15) is 18.3 Å². The summed E-state index contributed by atoms with van der Waals surface area (Å²) in [6, 6.07) is 8.24. The van der Waals surface area contributed by atoms with Gasteiger partial charge >= 0.3 is 6.18 Å². The van der Waals surface area contributed by atoms with Crippen molar-refractivity contribution in [2.45, 2.75) is 19.5 Å². The number of ketones is 2. The fourth-order valence-electron chi connectivity index (χ4n) is 2.71. The van der Waals surface area contributed by atoms with E-state index in [0.717, 1.165) is 53.2 Å². The molecule has 0 amide bonds. The van der Waals surface area contributed by atoms with Gasteiger partial charge < -0.3 is 0 Å². The Morgan fingerprint density at radius 1 is 0.968 bits per heavy atom. The standard InChI is InChI=1S/C22H15F5N2O2/c1-2-16(30)8-10-21(31)20-12-19(13-3-9-17(23)18(24)11-13)28-29(20)15-6-4-14(5-7-15)22(25,26)27/h3-12H,2H2,1H3/b10-8+.